The third-order valence-electron chi connectivity index (χ3n) is 10.1. The van der Waals surface area contributed by atoms with Crippen LogP contribution in [0.5, 0.6) is 0 Å². The molecule has 3 aliphatic rings. The molecule has 0 radical (unpaired) electrons. The van der Waals surface area contributed by atoms with E-state index < -0.39 is 63.8 Å². The molecule has 1 amide bonds. The van der Waals surface area contributed by atoms with E-state index in [1.165, 1.54) is 6.92 Å². The van der Waals surface area contributed by atoms with Gasteiger partial charge in [0.1, 0.15) is 11.7 Å². The number of carbonyl (C=O) groups is 2. The minimum Gasteiger partial charge on any atom is -0.454 e. The van der Waals surface area contributed by atoms with Crippen molar-refractivity contribution in [2.24, 2.45) is 22.7 Å². The van der Waals surface area contributed by atoms with Gasteiger partial charge >= 0.3 is 5.97 Å². The van der Waals surface area contributed by atoms with Gasteiger partial charge in [0.2, 0.25) is 5.91 Å². The standard InChI is InChI=1S/C35H54IN3O9/c1-19-15-20(2)30(42)48-32(36)35(7,43)27(40)23(5)38-29(41)21(3)17-34(6,44-9)28(19)47-31-26-25(16-22(4)45-31)39(8)33(46-26)37-18-24-13-11-10-12-14-24/h10-14,19-23,25-28,31-32,40,43H,15-18H2,1-9H3,(H,38,41)/t19-,20+,21+,22+,23+,25-,26+,27+,28+,31-,32-,34+,35-/m0/s1. The molecule has 12 nitrogen and oxygen atoms in total. The first-order chi connectivity index (χ1) is 22.5. The Morgan fingerprint density at radius 3 is 2.38 bits per heavy atom. The molecular weight excluding hydrogens is 733 g/mol. The largest absolute Gasteiger partial charge is 0.454 e. The van der Waals surface area contributed by atoms with E-state index in [-0.39, 0.29) is 30.4 Å². The number of methoxy groups -OCH3 is 1. The fourth-order valence-electron chi connectivity index (χ4n) is 7.12. The first kappa shape index (κ1) is 38.8. The van der Waals surface area contributed by atoms with Crippen molar-refractivity contribution < 1.29 is 43.5 Å². The Hall–Kier alpha value is -2.04. The number of hydrogen-bond acceptors (Lipinski definition) is 10. The second-order valence-corrected chi connectivity index (χ2v) is 15.5. The SMILES string of the molecule is CO[C@]1(C)C[C@@H](C)C(=O)N[C@H](C)[C@@H](O)[C@](C)(O)[C@@H](I)OC(=O)[C@H](C)C[C@H](C)[C@H]1O[C@@H]1O[C@H](C)C[C@H]2[C@H]1OC(=NCc1ccccc1)N2C. The number of aliphatic hydroxyl groups excluding tert-OH is 1. The van der Waals surface area contributed by atoms with E-state index in [1.807, 2.05) is 85.6 Å². The van der Waals surface area contributed by atoms with Crippen molar-refractivity contribution in [3.8, 4) is 0 Å². The maximum Gasteiger partial charge on any atom is 0.309 e. The molecule has 1 aromatic carbocycles. The number of fused-ring (bicyclic) bond motifs is 1. The van der Waals surface area contributed by atoms with Crippen molar-refractivity contribution in [1.82, 2.24) is 10.2 Å². The molecule has 0 saturated carbocycles. The van der Waals surface area contributed by atoms with Crippen LogP contribution in [0.4, 0.5) is 0 Å². The van der Waals surface area contributed by atoms with Gasteiger partial charge in [-0.15, -0.1) is 0 Å². The number of cyclic esters (lactones) is 1. The van der Waals surface area contributed by atoms with Crippen LogP contribution in [0.3, 0.4) is 0 Å². The predicted octanol–water partition coefficient (Wildman–Crippen LogP) is 3.79. The summed E-state index contributed by atoms with van der Waals surface area (Å²) in [6.45, 7) is 12.9. The second-order valence-electron chi connectivity index (χ2n) is 14.4. The number of amidine groups is 1. The van der Waals surface area contributed by atoms with Crippen LogP contribution in [0.15, 0.2) is 35.3 Å². The van der Waals surface area contributed by atoms with E-state index in [0.717, 1.165) is 12.0 Å². The molecule has 0 aliphatic carbocycles. The van der Waals surface area contributed by atoms with Gasteiger partial charge in [-0.2, -0.15) is 0 Å². The summed E-state index contributed by atoms with van der Waals surface area (Å²) < 4.78 is 30.6. The summed E-state index contributed by atoms with van der Waals surface area (Å²) in [6.07, 6.45) is -2.11. The molecule has 13 atom stereocenters. The van der Waals surface area contributed by atoms with Crippen LogP contribution in [0.25, 0.3) is 0 Å². The molecule has 3 N–H and O–H groups in total. The lowest BCUT2D eigenvalue weighted by Gasteiger charge is -2.45. The highest BCUT2D eigenvalue weighted by Crippen LogP contribution is 2.39. The Labute approximate surface area is 298 Å². The molecular formula is C35H54IN3O9. The number of hydrogen-bond donors (Lipinski definition) is 3. The summed E-state index contributed by atoms with van der Waals surface area (Å²) in [7, 11) is 3.56. The van der Waals surface area contributed by atoms with Gasteiger partial charge < -0.3 is 44.1 Å². The number of benzene rings is 1. The molecule has 13 heteroatoms. The van der Waals surface area contributed by atoms with Gasteiger partial charge in [0.25, 0.3) is 6.02 Å². The van der Waals surface area contributed by atoms with Crippen LogP contribution in [0.1, 0.15) is 73.3 Å². The molecule has 3 aliphatic heterocycles. The van der Waals surface area contributed by atoms with Crippen molar-refractivity contribution in [2.45, 2.75) is 132 Å². The number of amides is 1. The summed E-state index contributed by atoms with van der Waals surface area (Å²) in [5.41, 5.74) is -1.76. The van der Waals surface area contributed by atoms with E-state index in [1.54, 1.807) is 27.9 Å². The summed E-state index contributed by atoms with van der Waals surface area (Å²) >= 11 is 1.81. The lowest BCUT2D eigenvalue weighted by Crippen LogP contribution is -2.58. The van der Waals surface area contributed by atoms with Gasteiger partial charge in [-0.3, -0.25) is 9.59 Å². The number of alkyl halides is 1. The van der Waals surface area contributed by atoms with Gasteiger partial charge in [0, 0.05) is 20.1 Å². The molecule has 0 aromatic heterocycles. The molecule has 4 rings (SSSR count). The summed E-state index contributed by atoms with van der Waals surface area (Å²) in [5, 5.41) is 25.0. The van der Waals surface area contributed by atoms with Gasteiger partial charge in [-0.05, 0) is 81.0 Å². The van der Waals surface area contributed by atoms with Crippen molar-refractivity contribution in [3.05, 3.63) is 35.9 Å². The smallest absolute Gasteiger partial charge is 0.309 e. The summed E-state index contributed by atoms with van der Waals surface area (Å²) in [6, 6.07) is 9.62. The van der Waals surface area contributed by atoms with Crippen LogP contribution in [0.2, 0.25) is 0 Å². The zero-order valence-electron chi connectivity index (χ0n) is 29.6. The Kier molecular flexibility index (Phi) is 12.8. The molecule has 1 aromatic rings. The molecule has 270 valence electrons. The number of likely N-dealkylation sites (N-methyl/N-ethyl adjacent to an activating group) is 1. The maximum absolute atomic E-state index is 13.5. The van der Waals surface area contributed by atoms with E-state index in [4.69, 9.17) is 28.7 Å². The molecule has 3 saturated heterocycles. The number of aliphatic hydroxyl groups is 2. The van der Waals surface area contributed by atoms with Crippen molar-refractivity contribution in [2.75, 3.05) is 14.2 Å². The van der Waals surface area contributed by atoms with Gasteiger partial charge in [0.05, 0.1) is 42.4 Å². The second kappa shape index (κ2) is 15.9. The molecule has 3 heterocycles. The fourth-order valence-corrected chi connectivity index (χ4v) is 7.74. The molecule has 0 unspecified atom stereocenters. The third kappa shape index (κ3) is 8.63. The number of halogens is 1. The number of esters is 1. The topological polar surface area (TPSA) is 148 Å². The van der Waals surface area contributed by atoms with E-state index in [9.17, 15) is 19.8 Å². The monoisotopic (exact) mass is 787 g/mol. The highest BCUT2D eigenvalue weighted by molar-refractivity contribution is 14.1. The average Bonchev–Trinajstić information content (AvgIpc) is 3.36. The molecule has 3 fully saturated rings. The van der Waals surface area contributed by atoms with Crippen molar-refractivity contribution in [1.29, 1.82) is 0 Å². The molecule has 0 bridgehead atoms. The first-order valence-electron chi connectivity index (χ1n) is 16.9. The fraction of sp³-hybridized carbons (Fsp3) is 0.743. The zero-order valence-corrected chi connectivity index (χ0v) is 31.7. The Balaban J connectivity index is 1.65. The highest BCUT2D eigenvalue weighted by Gasteiger charge is 2.52. The number of carbonyl (C=O) groups excluding carboxylic acids is 2. The normalized spacial score (nSPS) is 42.6. The van der Waals surface area contributed by atoms with Crippen LogP contribution < -0.4 is 5.32 Å². The Morgan fingerprint density at radius 1 is 1.06 bits per heavy atom. The minimum atomic E-state index is -1.83. The van der Waals surface area contributed by atoms with Gasteiger partial charge in [-0.25, -0.2) is 4.99 Å². The van der Waals surface area contributed by atoms with Gasteiger partial charge in [-0.1, -0.05) is 51.1 Å². The Morgan fingerprint density at radius 2 is 1.73 bits per heavy atom. The minimum absolute atomic E-state index is 0.0421. The van der Waals surface area contributed by atoms with Gasteiger partial charge in [0.15, 0.2) is 16.5 Å². The lowest BCUT2D eigenvalue weighted by atomic mass is 9.79. The summed E-state index contributed by atoms with van der Waals surface area (Å²) in [4.78, 5) is 33.6. The van der Waals surface area contributed by atoms with E-state index >= 15 is 0 Å². The number of aliphatic imine (C=N–C) groups is 1. The van der Waals surface area contributed by atoms with E-state index in [2.05, 4.69) is 5.32 Å². The molecule has 0 spiro atoms. The zero-order chi connectivity index (χ0) is 35.6. The number of nitrogens with zero attached hydrogens (tertiary/aromatic N) is 2. The van der Waals surface area contributed by atoms with Crippen molar-refractivity contribution in [3.63, 3.8) is 0 Å². The Bertz CT molecular complexity index is 1290. The van der Waals surface area contributed by atoms with Crippen LogP contribution in [-0.4, -0.2) is 105 Å². The third-order valence-corrected chi connectivity index (χ3v) is 11.7. The number of rotatable bonds is 5. The average molecular weight is 788 g/mol. The lowest BCUT2D eigenvalue weighted by molar-refractivity contribution is -0.286. The molecule has 48 heavy (non-hydrogen) atoms. The first-order valence-corrected chi connectivity index (χ1v) is 18.1. The van der Waals surface area contributed by atoms with Crippen LogP contribution >= 0.6 is 22.6 Å². The number of ether oxygens (including phenoxy) is 5. The van der Waals surface area contributed by atoms with E-state index in [0.29, 0.717) is 19.0 Å². The quantitative estimate of drug-likeness (QED) is 0.229. The van der Waals surface area contributed by atoms with Crippen LogP contribution in [-0.2, 0) is 39.8 Å². The maximum atomic E-state index is 13.5. The highest BCUT2D eigenvalue weighted by atomic mass is 127. The number of nitrogens with one attached hydrogen (secondary N) is 1. The summed E-state index contributed by atoms with van der Waals surface area (Å²) in [5.74, 6) is -2.26. The van der Waals surface area contributed by atoms with Crippen molar-refractivity contribution >= 4 is 40.5 Å². The predicted molar refractivity (Wildman–Crippen MR) is 188 cm³/mol. The van der Waals surface area contributed by atoms with Crippen LogP contribution in [0, 0.1) is 17.8 Å².